The molecule has 0 unspecified atom stereocenters. The molecular weight excluding hydrogens is 377 g/mol. The van der Waals surface area contributed by atoms with Gasteiger partial charge in [0.2, 0.25) is 0 Å². The Labute approximate surface area is 156 Å². The third-order valence-electron chi connectivity index (χ3n) is 3.72. The lowest BCUT2D eigenvalue weighted by Crippen LogP contribution is -2.42. The standard InChI is InChI=1S/C18H13F3N4O3/c19-18(20,21)15-13(10-22-25(15)11-6-2-1-3-7-11)17(28)24-23-16(27)12-8-4-5-9-14(12)26/h1-10,26H,(H,23,27)(H,24,28). The zero-order valence-electron chi connectivity index (χ0n) is 14.1. The lowest BCUT2D eigenvalue weighted by molar-refractivity contribution is -0.143. The van der Waals surface area contributed by atoms with Gasteiger partial charge in [-0.05, 0) is 24.3 Å². The molecule has 3 N–H and O–H groups in total. The summed E-state index contributed by atoms with van der Waals surface area (Å²) in [5.74, 6) is -2.45. The number of hydrazine groups is 1. The number of rotatable bonds is 3. The first-order valence-electron chi connectivity index (χ1n) is 7.88. The van der Waals surface area contributed by atoms with E-state index in [1.54, 1.807) is 6.07 Å². The number of hydrogen-bond acceptors (Lipinski definition) is 4. The molecule has 0 saturated heterocycles. The van der Waals surface area contributed by atoms with Crippen LogP contribution in [0.2, 0.25) is 0 Å². The number of carbonyl (C=O) groups is 2. The van der Waals surface area contributed by atoms with Gasteiger partial charge in [-0.15, -0.1) is 0 Å². The van der Waals surface area contributed by atoms with Gasteiger partial charge in [0, 0.05) is 0 Å². The molecule has 0 aliphatic heterocycles. The maximum atomic E-state index is 13.5. The number of aromatic hydroxyl groups is 1. The molecule has 0 spiro atoms. The Balaban J connectivity index is 1.85. The van der Waals surface area contributed by atoms with Crippen LogP contribution in [0.1, 0.15) is 26.4 Å². The van der Waals surface area contributed by atoms with E-state index in [9.17, 15) is 27.9 Å². The lowest BCUT2D eigenvalue weighted by atomic mass is 10.2. The van der Waals surface area contributed by atoms with E-state index < -0.39 is 29.2 Å². The average Bonchev–Trinajstić information content (AvgIpc) is 3.13. The second-order valence-electron chi connectivity index (χ2n) is 5.58. The van der Waals surface area contributed by atoms with Gasteiger partial charge in [-0.2, -0.15) is 18.3 Å². The summed E-state index contributed by atoms with van der Waals surface area (Å²) >= 11 is 0. The van der Waals surface area contributed by atoms with Gasteiger partial charge in [0.05, 0.1) is 23.0 Å². The van der Waals surface area contributed by atoms with Crippen molar-refractivity contribution in [2.24, 2.45) is 0 Å². The molecule has 0 bridgehead atoms. The Morgan fingerprint density at radius 2 is 1.46 bits per heavy atom. The maximum absolute atomic E-state index is 13.5. The van der Waals surface area contributed by atoms with Gasteiger partial charge >= 0.3 is 6.18 Å². The summed E-state index contributed by atoms with van der Waals surface area (Å²) < 4.78 is 41.2. The fraction of sp³-hybridized carbons (Fsp3) is 0.0556. The predicted octanol–water partition coefficient (Wildman–Crippen LogP) is 2.67. The van der Waals surface area contributed by atoms with Crippen LogP contribution in [-0.2, 0) is 6.18 Å². The molecule has 144 valence electrons. The molecule has 2 aromatic carbocycles. The van der Waals surface area contributed by atoms with Crippen molar-refractivity contribution in [2.75, 3.05) is 0 Å². The van der Waals surface area contributed by atoms with Crippen molar-refractivity contribution in [3.8, 4) is 11.4 Å². The van der Waals surface area contributed by atoms with Crippen LogP contribution in [0.25, 0.3) is 5.69 Å². The average molecular weight is 390 g/mol. The van der Waals surface area contributed by atoms with E-state index in [-0.39, 0.29) is 17.0 Å². The van der Waals surface area contributed by atoms with E-state index in [2.05, 4.69) is 5.10 Å². The zero-order valence-corrected chi connectivity index (χ0v) is 14.1. The third kappa shape index (κ3) is 3.80. The summed E-state index contributed by atoms with van der Waals surface area (Å²) in [4.78, 5) is 24.2. The van der Waals surface area contributed by atoms with E-state index in [0.29, 0.717) is 4.68 Å². The number of halogens is 3. The summed E-state index contributed by atoms with van der Waals surface area (Å²) in [6.45, 7) is 0. The molecular formula is C18H13F3N4O3. The van der Waals surface area contributed by atoms with Crippen molar-refractivity contribution < 1.29 is 27.9 Å². The molecule has 1 heterocycles. The Hall–Kier alpha value is -3.82. The Morgan fingerprint density at radius 3 is 2.07 bits per heavy atom. The van der Waals surface area contributed by atoms with E-state index >= 15 is 0 Å². The lowest BCUT2D eigenvalue weighted by Gasteiger charge is -2.13. The number of hydrogen-bond donors (Lipinski definition) is 3. The smallest absolute Gasteiger partial charge is 0.434 e. The fourth-order valence-electron chi connectivity index (χ4n) is 2.47. The Bertz CT molecular complexity index is 1020. The Morgan fingerprint density at radius 1 is 0.893 bits per heavy atom. The maximum Gasteiger partial charge on any atom is 0.434 e. The van der Waals surface area contributed by atoms with Crippen LogP contribution in [0.4, 0.5) is 13.2 Å². The number of aromatic nitrogens is 2. The first kappa shape index (κ1) is 19.0. The molecule has 10 heteroatoms. The summed E-state index contributed by atoms with van der Waals surface area (Å²) in [6, 6.07) is 13.0. The topological polar surface area (TPSA) is 96.3 Å². The normalized spacial score (nSPS) is 11.1. The number of alkyl halides is 3. The van der Waals surface area contributed by atoms with Crippen molar-refractivity contribution in [3.63, 3.8) is 0 Å². The van der Waals surface area contributed by atoms with Gasteiger partial charge in [-0.1, -0.05) is 30.3 Å². The molecule has 28 heavy (non-hydrogen) atoms. The molecule has 2 amide bonds. The largest absolute Gasteiger partial charge is 0.507 e. The van der Waals surface area contributed by atoms with Gasteiger partial charge in [0.25, 0.3) is 11.8 Å². The number of phenolic OH excluding ortho intramolecular Hbond substituents is 1. The highest BCUT2D eigenvalue weighted by Crippen LogP contribution is 2.33. The number of phenols is 1. The molecule has 0 saturated carbocycles. The Kier molecular flexibility index (Phi) is 5.03. The van der Waals surface area contributed by atoms with Gasteiger partial charge < -0.3 is 5.11 Å². The molecule has 0 aliphatic carbocycles. The third-order valence-corrected chi connectivity index (χ3v) is 3.72. The minimum absolute atomic E-state index is 0.118. The van der Waals surface area contributed by atoms with Crippen molar-refractivity contribution in [1.82, 2.24) is 20.6 Å². The summed E-state index contributed by atoms with van der Waals surface area (Å²) in [5, 5.41) is 13.3. The molecule has 0 atom stereocenters. The number of amides is 2. The van der Waals surface area contributed by atoms with Gasteiger partial charge in [0.1, 0.15) is 5.75 Å². The summed E-state index contributed by atoms with van der Waals surface area (Å²) in [5.41, 5.74) is 1.77. The summed E-state index contributed by atoms with van der Waals surface area (Å²) in [6.07, 6.45) is -4.11. The van der Waals surface area contributed by atoms with E-state index in [0.717, 1.165) is 6.20 Å². The van der Waals surface area contributed by atoms with Crippen LogP contribution < -0.4 is 10.9 Å². The van der Waals surface area contributed by atoms with Crippen LogP contribution >= 0.6 is 0 Å². The molecule has 1 aromatic heterocycles. The van der Waals surface area contributed by atoms with E-state index in [1.165, 1.54) is 48.5 Å². The quantitative estimate of drug-likeness (QED) is 0.599. The SMILES string of the molecule is O=C(NNC(=O)c1cnn(-c2ccccc2)c1C(F)(F)F)c1ccccc1O. The first-order valence-corrected chi connectivity index (χ1v) is 7.88. The van der Waals surface area contributed by atoms with Crippen molar-refractivity contribution >= 4 is 11.8 Å². The monoisotopic (exact) mass is 390 g/mol. The fourth-order valence-corrected chi connectivity index (χ4v) is 2.47. The molecule has 0 radical (unpaired) electrons. The second kappa shape index (κ2) is 7.43. The summed E-state index contributed by atoms with van der Waals surface area (Å²) in [7, 11) is 0. The van der Waals surface area contributed by atoms with E-state index in [1.807, 2.05) is 10.9 Å². The van der Waals surface area contributed by atoms with Crippen molar-refractivity contribution in [3.05, 3.63) is 77.6 Å². The van der Waals surface area contributed by atoms with Gasteiger partial charge in [-0.25, -0.2) is 4.68 Å². The number of nitrogens with zero attached hydrogens (tertiary/aromatic N) is 2. The molecule has 0 aliphatic rings. The van der Waals surface area contributed by atoms with Crippen LogP contribution in [0, 0.1) is 0 Å². The van der Waals surface area contributed by atoms with Crippen LogP contribution in [-0.4, -0.2) is 26.7 Å². The number of benzene rings is 2. The van der Waals surface area contributed by atoms with Crippen LogP contribution in [0.3, 0.4) is 0 Å². The number of para-hydroxylation sites is 2. The minimum Gasteiger partial charge on any atom is -0.507 e. The molecule has 3 rings (SSSR count). The number of carbonyl (C=O) groups excluding carboxylic acids is 2. The van der Waals surface area contributed by atoms with Gasteiger partial charge in [-0.3, -0.25) is 20.4 Å². The van der Waals surface area contributed by atoms with Crippen LogP contribution in [0.15, 0.2) is 60.8 Å². The molecule has 0 fully saturated rings. The second-order valence-corrected chi connectivity index (χ2v) is 5.58. The van der Waals surface area contributed by atoms with Crippen molar-refractivity contribution in [1.29, 1.82) is 0 Å². The molecule has 7 nitrogen and oxygen atoms in total. The highest BCUT2D eigenvalue weighted by molar-refractivity contribution is 6.00. The highest BCUT2D eigenvalue weighted by atomic mass is 19.4. The minimum atomic E-state index is -4.87. The zero-order chi connectivity index (χ0) is 20.3. The van der Waals surface area contributed by atoms with Gasteiger partial charge in [0.15, 0.2) is 5.69 Å². The van der Waals surface area contributed by atoms with Crippen LogP contribution in [0.5, 0.6) is 5.75 Å². The highest BCUT2D eigenvalue weighted by Gasteiger charge is 2.40. The molecule has 3 aromatic rings. The van der Waals surface area contributed by atoms with E-state index in [4.69, 9.17) is 0 Å². The predicted molar refractivity (Wildman–Crippen MR) is 91.6 cm³/mol. The van der Waals surface area contributed by atoms with Crippen molar-refractivity contribution in [2.45, 2.75) is 6.18 Å². The first-order chi connectivity index (χ1) is 13.3. The number of nitrogens with one attached hydrogen (secondary N) is 2.